The van der Waals surface area contributed by atoms with Gasteiger partial charge in [0.2, 0.25) is 0 Å². The summed E-state index contributed by atoms with van der Waals surface area (Å²) in [6, 6.07) is 1.90. The van der Waals surface area contributed by atoms with E-state index in [2.05, 4.69) is 5.32 Å². The first kappa shape index (κ1) is 13.2. The Kier molecular flexibility index (Phi) is 6.21. The van der Waals surface area contributed by atoms with Crippen LogP contribution in [0.4, 0.5) is 17.6 Å². The highest BCUT2D eigenvalue weighted by Crippen LogP contribution is 2.21. The van der Waals surface area contributed by atoms with Gasteiger partial charge in [-0.3, -0.25) is 0 Å². The number of hydrogen-bond donors (Lipinski definition) is 1. The van der Waals surface area contributed by atoms with Crippen molar-refractivity contribution >= 4 is 0 Å². The predicted octanol–water partition coefficient (Wildman–Crippen LogP) is 2.17. The highest BCUT2D eigenvalue weighted by molar-refractivity contribution is 4.72. The van der Waals surface area contributed by atoms with E-state index in [4.69, 9.17) is 5.26 Å². The Bertz CT molecular complexity index is 188. The second kappa shape index (κ2) is 6.60. The molecule has 82 valence electrons. The van der Waals surface area contributed by atoms with E-state index in [1.54, 1.807) is 0 Å². The van der Waals surface area contributed by atoms with Crippen LogP contribution in [0.5, 0.6) is 0 Å². The first-order chi connectivity index (χ1) is 6.50. The Morgan fingerprint density at radius 2 is 1.93 bits per heavy atom. The Hall–Kier alpha value is -0.830. The molecule has 0 aliphatic carbocycles. The Balaban J connectivity index is 3.41. The molecule has 0 aromatic heterocycles. The van der Waals surface area contributed by atoms with E-state index in [0.29, 0.717) is 19.3 Å². The lowest BCUT2D eigenvalue weighted by Gasteiger charge is -2.15. The SMILES string of the molecule is N#CCCCCNCC(F)(F)C(F)F. The fraction of sp³-hybridized carbons (Fsp3) is 0.875. The van der Waals surface area contributed by atoms with Gasteiger partial charge in [-0.1, -0.05) is 0 Å². The molecule has 0 bridgehead atoms. The van der Waals surface area contributed by atoms with Crippen molar-refractivity contribution in [1.82, 2.24) is 5.32 Å². The predicted molar refractivity (Wildman–Crippen MR) is 43.3 cm³/mol. The van der Waals surface area contributed by atoms with Gasteiger partial charge in [0.05, 0.1) is 12.6 Å². The zero-order valence-electron chi connectivity index (χ0n) is 7.57. The van der Waals surface area contributed by atoms with Crippen molar-refractivity contribution in [3.63, 3.8) is 0 Å². The average Bonchev–Trinajstić information content (AvgIpc) is 2.10. The van der Waals surface area contributed by atoms with Crippen LogP contribution >= 0.6 is 0 Å². The summed E-state index contributed by atoms with van der Waals surface area (Å²) in [5.74, 6) is -3.96. The fourth-order valence-electron chi connectivity index (χ4n) is 0.786. The molecule has 0 rings (SSSR count). The summed E-state index contributed by atoms with van der Waals surface area (Å²) in [4.78, 5) is 0. The van der Waals surface area contributed by atoms with E-state index in [0.717, 1.165) is 0 Å². The summed E-state index contributed by atoms with van der Waals surface area (Å²) < 4.78 is 47.7. The maximum Gasteiger partial charge on any atom is 0.319 e. The van der Waals surface area contributed by atoms with Crippen molar-refractivity contribution in [2.75, 3.05) is 13.1 Å². The van der Waals surface area contributed by atoms with Crippen LogP contribution in [0.3, 0.4) is 0 Å². The first-order valence-corrected chi connectivity index (χ1v) is 4.24. The van der Waals surface area contributed by atoms with Gasteiger partial charge < -0.3 is 5.32 Å². The lowest BCUT2D eigenvalue weighted by atomic mass is 10.2. The normalized spacial score (nSPS) is 11.7. The van der Waals surface area contributed by atoms with Crippen molar-refractivity contribution < 1.29 is 17.6 Å². The molecule has 2 nitrogen and oxygen atoms in total. The Labute approximate surface area is 79.9 Å². The van der Waals surface area contributed by atoms with Crippen LogP contribution in [0.2, 0.25) is 0 Å². The smallest absolute Gasteiger partial charge is 0.311 e. The van der Waals surface area contributed by atoms with Crippen LogP contribution in [0.15, 0.2) is 0 Å². The molecule has 0 aromatic carbocycles. The molecule has 0 radical (unpaired) electrons. The molecule has 0 aliphatic rings. The van der Waals surface area contributed by atoms with E-state index in [-0.39, 0.29) is 6.54 Å². The van der Waals surface area contributed by atoms with Gasteiger partial charge in [-0.15, -0.1) is 0 Å². The molecule has 0 amide bonds. The molecule has 1 N–H and O–H groups in total. The molecule has 0 aliphatic heterocycles. The van der Waals surface area contributed by atoms with Gasteiger partial charge in [0.1, 0.15) is 0 Å². The van der Waals surface area contributed by atoms with Crippen molar-refractivity contribution in [2.24, 2.45) is 0 Å². The Morgan fingerprint density at radius 3 is 2.43 bits per heavy atom. The third kappa shape index (κ3) is 5.75. The lowest BCUT2D eigenvalue weighted by molar-refractivity contribution is -0.125. The highest BCUT2D eigenvalue weighted by Gasteiger charge is 2.39. The molecule has 0 aromatic rings. The van der Waals surface area contributed by atoms with E-state index in [1.807, 2.05) is 6.07 Å². The molecule has 0 spiro atoms. The quantitative estimate of drug-likeness (QED) is 0.518. The number of nitrogens with zero attached hydrogens (tertiary/aromatic N) is 1. The molecule has 6 heteroatoms. The Morgan fingerprint density at radius 1 is 1.29 bits per heavy atom. The van der Waals surface area contributed by atoms with Gasteiger partial charge >= 0.3 is 12.3 Å². The second-order valence-electron chi connectivity index (χ2n) is 2.85. The lowest BCUT2D eigenvalue weighted by Crippen LogP contribution is -2.39. The monoisotopic (exact) mass is 212 g/mol. The molecule has 0 fully saturated rings. The van der Waals surface area contributed by atoms with Crippen LogP contribution in [-0.2, 0) is 0 Å². The summed E-state index contributed by atoms with van der Waals surface area (Å²) >= 11 is 0. The summed E-state index contributed by atoms with van der Waals surface area (Å²) in [7, 11) is 0. The molecular formula is C8H12F4N2. The van der Waals surface area contributed by atoms with Crippen LogP contribution < -0.4 is 5.32 Å². The number of alkyl halides is 4. The van der Waals surface area contributed by atoms with E-state index < -0.39 is 18.9 Å². The topological polar surface area (TPSA) is 35.8 Å². The van der Waals surface area contributed by atoms with E-state index in [9.17, 15) is 17.6 Å². The number of nitriles is 1. The molecule has 0 unspecified atom stereocenters. The second-order valence-corrected chi connectivity index (χ2v) is 2.85. The summed E-state index contributed by atoms with van der Waals surface area (Å²) in [6.07, 6.45) is -2.15. The highest BCUT2D eigenvalue weighted by atomic mass is 19.3. The summed E-state index contributed by atoms with van der Waals surface area (Å²) in [6.45, 7) is -0.790. The minimum atomic E-state index is -3.96. The first-order valence-electron chi connectivity index (χ1n) is 4.24. The van der Waals surface area contributed by atoms with Gasteiger partial charge in [-0.05, 0) is 19.4 Å². The maximum atomic E-state index is 12.3. The summed E-state index contributed by atoms with van der Waals surface area (Å²) in [5.41, 5.74) is 0. The fourth-order valence-corrected chi connectivity index (χ4v) is 0.786. The van der Waals surface area contributed by atoms with Crippen molar-refractivity contribution in [2.45, 2.75) is 31.6 Å². The van der Waals surface area contributed by atoms with Gasteiger partial charge in [0.15, 0.2) is 0 Å². The summed E-state index contributed by atoms with van der Waals surface area (Å²) in [5, 5.41) is 10.4. The number of rotatable bonds is 7. The van der Waals surface area contributed by atoms with Crippen molar-refractivity contribution in [1.29, 1.82) is 5.26 Å². The van der Waals surface area contributed by atoms with Gasteiger partial charge in [0.25, 0.3) is 0 Å². The standard InChI is InChI=1S/C8H12F4N2/c9-7(10)8(11,12)6-14-5-3-1-2-4-13/h7,14H,1-3,5-6H2. The molecule has 0 saturated heterocycles. The van der Waals surface area contributed by atoms with Gasteiger partial charge in [-0.25, -0.2) is 8.78 Å². The molecule has 14 heavy (non-hydrogen) atoms. The van der Waals surface area contributed by atoms with Crippen LogP contribution in [0.25, 0.3) is 0 Å². The molecule has 0 atom stereocenters. The van der Waals surface area contributed by atoms with E-state index >= 15 is 0 Å². The number of unbranched alkanes of at least 4 members (excludes halogenated alkanes) is 2. The zero-order chi connectivity index (χ0) is 11.0. The van der Waals surface area contributed by atoms with Crippen LogP contribution in [0, 0.1) is 11.3 Å². The van der Waals surface area contributed by atoms with Crippen LogP contribution in [-0.4, -0.2) is 25.4 Å². The average molecular weight is 212 g/mol. The zero-order valence-corrected chi connectivity index (χ0v) is 7.57. The van der Waals surface area contributed by atoms with Crippen molar-refractivity contribution in [3.05, 3.63) is 0 Å². The third-order valence-corrected chi connectivity index (χ3v) is 1.57. The number of hydrogen-bond acceptors (Lipinski definition) is 2. The number of nitrogens with one attached hydrogen (secondary N) is 1. The minimum Gasteiger partial charge on any atom is -0.311 e. The minimum absolute atomic E-state index is 0.226. The number of halogens is 4. The largest absolute Gasteiger partial charge is 0.319 e. The molecule has 0 heterocycles. The molecule has 0 saturated carbocycles. The molecular weight excluding hydrogens is 200 g/mol. The van der Waals surface area contributed by atoms with Gasteiger partial charge in [0, 0.05) is 6.42 Å². The maximum absolute atomic E-state index is 12.3. The van der Waals surface area contributed by atoms with E-state index in [1.165, 1.54) is 0 Å². The van der Waals surface area contributed by atoms with Crippen molar-refractivity contribution in [3.8, 4) is 6.07 Å². The van der Waals surface area contributed by atoms with Gasteiger partial charge in [-0.2, -0.15) is 14.0 Å². The van der Waals surface area contributed by atoms with Crippen LogP contribution in [0.1, 0.15) is 19.3 Å². The third-order valence-electron chi connectivity index (χ3n) is 1.57.